The van der Waals surface area contributed by atoms with Crippen LogP contribution in [0.5, 0.6) is 0 Å². The molecular formula is C29H26N6O2. The molecule has 3 aromatic carbocycles. The van der Waals surface area contributed by atoms with E-state index < -0.39 is 0 Å². The summed E-state index contributed by atoms with van der Waals surface area (Å²) in [6.45, 7) is 1.64. The van der Waals surface area contributed by atoms with Crippen LogP contribution in [-0.4, -0.2) is 48.9 Å². The highest BCUT2D eigenvalue weighted by Crippen LogP contribution is 2.26. The number of benzene rings is 3. The summed E-state index contributed by atoms with van der Waals surface area (Å²) in [7, 11) is 0. The van der Waals surface area contributed by atoms with Crippen LogP contribution in [0.4, 0.5) is 0 Å². The number of piperidine rings is 1. The maximum absolute atomic E-state index is 13.0. The predicted octanol–water partition coefficient (Wildman–Crippen LogP) is 4.25. The van der Waals surface area contributed by atoms with Crippen LogP contribution in [0.25, 0.3) is 22.3 Å². The van der Waals surface area contributed by atoms with E-state index in [0.717, 1.165) is 29.5 Å². The maximum Gasteiger partial charge on any atom is 0.281 e. The molecule has 1 N–H and O–H groups in total. The van der Waals surface area contributed by atoms with Crippen LogP contribution in [0.1, 0.15) is 40.5 Å². The Morgan fingerprint density at radius 2 is 1.62 bits per heavy atom. The minimum absolute atomic E-state index is 0.000571. The maximum atomic E-state index is 13.0. The molecule has 1 amide bonds. The molecule has 0 aliphatic carbocycles. The number of nitrogens with one attached hydrogen (secondary N) is 1. The van der Waals surface area contributed by atoms with Gasteiger partial charge < -0.3 is 9.88 Å². The Kier molecular flexibility index (Phi) is 6.06. The third kappa shape index (κ3) is 4.65. The van der Waals surface area contributed by atoms with Crippen molar-refractivity contribution in [2.75, 3.05) is 13.1 Å². The van der Waals surface area contributed by atoms with E-state index in [-0.39, 0.29) is 22.9 Å². The molecule has 5 aromatic rings. The topological polar surface area (TPSA) is 96.8 Å². The second-order valence-electron chi connectivity index (χ2n) is 9.39. The molecule has 2 aromatic heterocycles. The molecule has 0 spiro atoms. The number of aromatic nitrogens is 5. The number of rotatable bonds is 5. The van der Waals surface area contributed by atoms with Crippen molar-refractivity contribution in [2.24, 2.45) is 0 Å². The first-order chi connectivity index (χ1) is 18.2. The normalized spacial score (nSPS) is 15.7. The van der Waals surface area contributed by atoms with Gasteiger partial charge in [-0.3, -0.25) is 9.59 Å². The lowest BCUT2D eigenvalue weighted by Crippen LogP contribution is -2.39. The van der Waals surface area contributed by atoms with Crippen LogP contribution >= 0.6 is 0 Å². The van der Waals surface area contributed by atoms with Gasteiger partial charge in [-0.05, 0) is 41.7 Å². The van der Waals surface area contributed by atoms with Crippen LogP contribution < -0.4 is 5.56 Å². The molecule has 1 fully saturated rings. The molecule has 0 bridgehead atoms. The molecular weight excluding hydrogens is 464 g/mol. The lowest BCUT2D eigenvalue weighted by atomic mass is 9.96. The lowest BCUT2D eigenvalue weighted by molar-refractivity contribution is 0.0704. The van der Waals surface area contributed by atoms with E-state index in [1.54, 1.807) is 4.68 Å². The molecule has 0 unspecified atom stereocenters. The molecule has 0 radical (unpaired) electrons. The van der Waals surface area contributed by atoms with Crippen molar-refractivity contribution < 1.29 is 4.79 Å². The first kappa shape index (κ1) is 22.8. The van der Waals surface area contributed by atoms with Gasteiger partial charge in [0.1, 0.15) is 5.82 Å². The number of nitrogens with zero attached hydrogens (tertiary/aromatic N) is 5. The van der Waals surface area contributed by atoms with Crippen molar-refractivity contribution in [3.8, 4) is 11.1 Å². The Morgan fingerprint density at radius 1 is 0.919 bits per heavy atom. The summed E-state index contributed by atoms with van der Waals surface area (Å²) in [5.74, 6) is 0.512. The molecule has 8 nitrogen and oxygen atoms in total. The molecule has 8 heteroatoms. The highest BCUT2D eigenvalue weighted by atomic mass is 16.2. The van der Waals surface area contributed by atoms with Crippen molar-refractivity contribution in [1.82, 2.24) is 29.9 Å². The number of H-pyrrole nitrogens is 1. The van der Waals surface area contributed by atoms with Crippen molar-refractivity contribution >= 4 is 17.1 Å². The molecule has 3 heterocycles. The molecule has 6 rings (SSSR count). The minimum atomic E-state index is -0.308. The molecule has 0 saturated carbocycles. The van der Waals surface area contributed by atoms with Gasteiger partial charge in [0.25, 0.3) is 11.5 Å². The second-order valence-corrected chi connectivity index (χ2v) is 9.39. The zero-order valence-corrected chi connectivity index (χ0v) is 20.2. The second kappa shape index (κ2) is 9.81. The van der Waals surface area contributed by atoms with Gasteiger partial charge in [0.15, 0.2) is 11.2 Å². The number of hydrogen-bond acceptors (Lipinski definition) is 5. The number of aromatic amines is 1. The van der Waals surface area contributed by atoms with E-state index in [0.29, 0.717) is 36.7 Å². The van der Waals surface area contributed by atoms with E-state index in [4.69, 9.17) is 4.98 Å². The van der Waals surface area contributed by atoms with Gasteiger partial charge in [0.2, 0.25) is 0 Å². The quantitative estimate of drug-likeness (QED) is 0.397. The van der Waals surface area contributed by atoms with Crippen molar-refractivity contribution in [1.29, 1.82) is 0 Å². The van der Waals surface area contributed by atoms with Gasteiger partial charge in [-0.1, -0.05) is 78.0 Å². The highest BCUT2D eigenvalue weighted by Gasteiger charge is 2.28. The van der Waals surface area contributed by atoms with E-state index in [1.165, 1.54) is 0 Å². The van der Waals surface area contributed by atoms with Crippen molar-refractivity contribution in [2.45, 2.75) is 25.3 Å². The summed E-state index contributed by atoms with van der Waals surface area (Å²) in [6.07, 6.45) is 1.69. The fourth-order valence-electron chi connectivity index (χ4n) is 4.94. The summed E-state index contributed by atoms with van der Waals surface area (Å²) in [5, 5.41) is 8.31. The molecule has 1 saturated heterocycles. The Labute approximate surface area is 213 Å². The number of fused-ring (bicyclic) bond motifs is 1. The van der Waals surface area contributed by atoms with Crippen molar-refractivity contribution in [3.05, 3.63) is 112 Å². The predicted molar refractivity (Wildman–Crippen MR) is 141 cm³/mol. The minimum Gasteiger partial charge on any atom is -0.338 e. The standard InChI is InChI=1S/C29H26N6O2/c36-28-25-27(35(33-32-25)18-20-13-15-22(16-14-20)21-8-3-1-4-9-21)30-26(31-28)24-12-7-17-34(19-24)29(37)23-10-5-2-6-11-23/h1-6,8-11,13-16,24H,7,12,17-19H2,(H,30,31,36)/t24-/m1/s1. The van der Waals surface area contributed by atoms with Crippen LogP contribution in [0.3, 0.4) is 0 Å². The van der Waals surface area contributed by atoms with Crippen LogP contribution in [0.2, 0.25) is 0 Å². The van der Waals surface area contributed by atoms with Gasteiger partial charge in [-0.2, -0.15) is 0 Å². The Morgan fingerprint density at radius 3 is 2.38 bits per heavy atom. The Balaban J connectivity index is 1.25. The summed E-state index contributed by atoms with van der Waals surface area (Å²) in [4.78, 5) is 35.4. The molecule has 1 aliphatic heterocycles. The van der Waals surface area contributed by atoms with Crippen molar-refractivity contribution in [3.63, 3.8) is 0 Å². The third-order valence-corrected chi connectivity index (χ3v) is 6.90. The van der Waals surface area contributed by atoms with E-state index in [2.05, 4.69) is 51.7 Å². The van der Waals surface area contributed by atoms with Gasteiger partial charge in [0.05, 0.1) is 6.54 Å². The molecule has 1 aliphatic rings. The first-order valence-corrected chi connectivity index (χ1v) is 12.5. The molecule has 37 heavy (non-hydrogen) atoms. The zero-order valence-electron chi connectivity index (χ0n) is 20.2. The Bertz CT molecular complexity index is 1590. The SMILES string of the molecule is O=C(c1ccccc1)N1CCC[C@@H](c2nc3c(nnn3Cc3ccc(-c4ccccc4)cc3)c(=O)[nH]2)C1. The van der Waals surface area contributed by atoms with Gasteiger partial charge >= 0.3 is 0 Å². The number of carbonyl (C=O) groups excluding carboxylic acids is 1. The van der Waals surface area contributed by atoms with Crippen LogP contribution in [0, 0.1) is 0 Å². The van der Waals surface area contributed by atoms with E-state index in [9.17, 15) is 9.59 Å². The fraction of sp³-hybridized carbons (Fsp3) is 0.207. The number of carbonyl (C=O) groups is 1. The lowest BCUT2D eigenvalue weighted by Gasteiger charge is -2.32. The van der Waals surface area contributed by atoms with E-state index >= 15 is 0 Å². The summed E-state index contributed by atoms with van der Waals surface area (Å²) < 4.78 is 1.67. The summed E-state index contributed by atoms with van der Waals surface area (Å²) in [6, 6.07) is 27.8. The van der Waals surface area contributed by atoms with Gasteiger partial charge in [-0.25, -0.2) is 9.67 Å². The average Bonchev–Trinajstić information content (AvgIpc) is 3.37. The summed E-state index contributed by atoms with van der Waals surface area (Å²) >= 11 is 0. The van der Waals surface area contributed by atoms with Gasteiger partial charge in [-0.15, -0.1) is 5.10 Å². The Hall–Kier alpha value is -4.59. The third-order valence-electron chi connectivity index (χ3n) is 6.90. The number of likely N-dealkylation sites (tertiary alicyclic amines) is 1. The largest absolute Gasteiger partial charge is 0.338 e. The van der Waals surface area contributed by atoms with E-state index in [1.807, 2.05) is 53.4 Å². The molecule has 184 valence electrons. The first-order valence-electron chi connectivity index (χ1n) is 12.5. The molecule has 1 atom stereocenters. The fourth-order valence-corrected chi connectivity index (χ4v) is 4.94. The van der Waals surface area contributed by atoms with Crippen LogP contribution in [-0.2, 0) is 6.54 Å². The zero-order chi connectivity index (χ0) is 25.2. The smallest absolute Gasteiger partial charge is 0.281 e. The number of hydrogen-bond donors (Lipinski definition) is 1. The monoisotopic (exact) mass is 490 g/mol. The van der Waals surface area contributed by atoms with Crippen LogP contribution in [0.15, 0.2) is 89.7 Å². The number of amides is 1. The highest BCUT2D eigenvalue weighted by molar-refractivity contribution is 5.94. The summed E-state index contributed by atoms with van der Waals surface area (Å²) in [5.41, 5.74) is 4.36. The average molecular weight is 491 g/mol. The van der Waals surface area contributed by atoms with Gasteiger partial charge in [0, 0.05) is 24.6 Å².